The third kappa shape index (κ3) is 7.31. The minimum atomic E-state index is -3.01. The Bertz CT molecular complexity index is 1680. The maximum atomic E-state index is 13.1. The Morgan fingerprint density at radius 3 is 2.59 bits per heavy atom. The Morgan fingerprint density at radius 2 is 1.82 bits per heavy atom. The van der Waals surface area contributed by atoms with E-state index in [0.717, 1.165) is 27.3 Å². The van der Waals surface area contributed by atoms with Crippen LogP contribution in [0, 0.1) is 5.82 Å². The van der Waals surface area contributed by atoms with Crippen LogP contribution < -0.4 is 15.4 Å². The van der Waals surface area contributed by atoms with E-state index in [-0.39, 0.29) is 11.6 Å². The van der Waals surface area contributed by atoms with Crippen LogP contribution in [0.1, 0.15) is 11.3 Å². The summed E-state index contributed by atoms with van der Waals surface area (Å²) < 4.78 is 41.5. The molecule has 0 aliphatic rings. The second-order valence-electron chi connectivity index (χ2n) is 8.82. The first-order chi connectivity index (χ1) is 18.8. The lowest BCUT2D eigenvalue weighted by Crippen LogP contribution is -2.22. The van der Waals surface area contributed by atoms with Gasteiger partial charge in [-0.15, -0.1) is 11.3 Å². The smallest absolute Gasteiger partial charge is 0.148 e. The van der Waals surface area contributed by atoms with Crippen molar-refractivity contribution in [2.45, 2.75) is 13.2 Å². The third-order valence-corrected chi connectivity index (χ3v) is 7.54. The van der Waals surface area contributed by atoms with Crippen LogP contribution in [-0.2, 0) is 23.0 Å². The van der Waals surface area contributed by atoms with E-state index in [1.807, 2.05) is 35.7 Å². The van der Waals surface area contributed by atoms with Crippen molar-refractivity contribution in [3.8, 4) is 16.5 Å². The SMILES string of the molecule is CS(=O)(=O)CCNCc1csc(-c2cc3c(Nc4ccc(OCc5ccc(F)cc5)cc4)ncnc3cn2)n1. The van der Waals surface area contributed by atoms with Gasteiger partial charge in [-0.25, -0.2) is 27.8 Å². The molecular formula is C27H25FN6O3S2. The van der Waals surface area contributed by atoms with Gasteiger partial charge in [0.25, 0.3) is 0 Å². The topological polar surface area (TPSA) is 119 Å². The highest BCUT2D eigenvalue weighted by Crippen LogP contribution is 2.29. The van der Waals surface area contributed by atoms with Gasteiger partial charge in [-0.05, 0) is 48.0 Å². The first kappa shape index (κ1) is 26.6. The van der Waals surface area contributed by atoms with Gasteiger partial charge in [0.2, 0.25) is 0 Å². The summed E-state index contributed by atoms with van der Waals surface area (Å²) in [6, 6.07) is 15.6. The number of anilines is 2. The second-order valence-corrected chi connectivity index (χ2v) is 11.9. The summed E-state index contributed by atoms with van der Waals surface area (Å²) in [6.07, 6.45) is 4.39. The molecule has 0 aliphatic carbocycles. The summed E-state index contributed by atoms with van der Waals surface area (Å²) in [5.74, 6) is 1.12. The van der Waals surface area contributed by atoms with E-state index < -0.39 is 9.84 Å². The minimum Gasteiger partial charge on any atom is -0.489 e. The van der Waals surface area contributed by atoms with E-state index in [4.69, 9.17) is 4.74 Å². The average molecular weight is 565 g/mol. The number of fused-ring (bicyclic) bond motifs is 1. The van der Waals surface area contributed by atoms with Crippen LogP contribution in [-0.4, -0.2) is 46.9 Å². The summed E-state index contributed by atoms with van der Waals surface area (Å²) >= 11 is 1.46. The molecule has 200 valence electrons. The number of aromatic nitrogens is 4. The Hall–Kier alpha value is -4.00. The maximum Gasteiger partial charge on any atom is 0.148 e. The molecule has 12 heteroatoms. The van der Waals surface area contributed by atoms with Gasteiger partial charge in [-0.3, -0.25) is 4.98 Å². The highest BCUT2D eigenvalue weighted by molar-refractivity contribution is 7.90. The molecule has 0 amide bonds. The Balaban J connectivity index is 1.26. The largest absolute Gasteiger partial charge is 0.489 e. The highest BCUT2D eigenvalue weighted by Gasteiger charge is 2.11. The van der Waals surface area contributed by atoms with Crippen molar-refractivity contribution in [1.29, 1.82) is 0 Å². The van der Waals surface area contributed by atoms with Crippen LogP contribution in [0.3, 0.4) is 0 Å². The molecule has 0 bridgehead atoms. The molecule has 3 heterocycles. The molecule has 2 aromatic carbocycles. The summed E-state index contributed by atoms with van der Waals surface area (Å²) in [5, 5.41) is 9.90. The molecule has 0 saturated carbocycles. The van der Waals surface area contributed by atoms with Crippen molar-refractivity contribution in [3.63, 3.8) is 0 Å². The number of pyridine rings is 1. The molecule has 0 aliphatic heterocycles. The number of hydrogen-bond acceptors (Lipinski definition) is 10. The molecule has 9 nitrogen and oxygen atoms in total. The summed E-state index contributed by atoms with van der Waals surface area (Å²) in [5.41, 5.74) is 3.90. The fourth-order valence-electron chi connectivity index (χ4n) is 3.67. The molecule has 5 aromatic rings. The highest BCUT2D eigenvalue weighted by atomic mass is 32.2. The predicted octanol–water partition coefficient (Wildman–Crippen LogP) is 4.74. The van der Waals surface area contributed by atoms with Crippen molar-refractivity contribution < 1.29 is 17.5 Å². The fourth-order valence-corrected chi connectivity index (χ4v) is 4.98. The van der Waals surface area contributed by atoms with E-state index in [1.165, 1.54) is 36.1 Å². The number of nitrogens with zero attached hydrogens (tertiary/aromatic N) is 4. The van der Waals surface area contributed by atoms with Crippen LogP contribution >= 0.6 is 11.3 Å². The molecule has 0 saturated heterocycles. The zero-order valence-corrected chi connectivity index (χ0v) is 22.6. The zero-order valence-electron chi connectivity index (χ0n) is 21.0. The molecule has 3 aromatic heterocycles. The lowest BCUT2D eigenvalue weighted by molar-refractivity contribution is 0.306. The number of halogens is 1. The first-order valence-electron chi connectivity index (χ1n) is 12.0. The van der Waals surface area contributed by atoms with Gasteiger partial charge in [0.1, 0.15) is 45.2 Å². The fraction of sp³-hybridized carbons (Fsp3) is 0.185. The van der Waals surface area contributed by atoms with Crippen molar-refractivity contribution >= 4 is 43.6 Å². The molecule has 0 fully saturated rings. The Morgan fingerprint density at radius 1 is 1.03 bits per heavy atom. The molecule has 39 heavy (non-hydrogen) atoms. The number of rotatable bonds is 11. The van der Waals surface area contributed by atoms with Gasteiger partial charge >= 0.3 is 0 Å². The number of nitrogens with one attached hydrogen (secondary N) is 2. The zero-order chi connectivity index (χ0) is 27.2. The first-order valence-corrected chi connectivity index (χ1v) is 14.9. The van der Waals surface area contributed by atoms with Crippen LogP contribution in [0.15, 0.2) is 72.5 Å². The van der Waals surface area contributed by atoms with Gasteiger partial charge < -0.3 is 15.4 Å². The quantitative estimate of drug-likeness (QED) is 0.219. The van der Waals surface area contributed by atoms with Crippen molar-refractivity contribution in [1.82, 2.24) is 25.3 Å². The number of thiazole rings is 1. The summed E-state index contributed by atoms with van der Waals surface area (Å²) in [6.45, 7) is 1.18. The van der Waals surface area contributed by atoms with Gasteiger partial charge in [-0.1, -0.05) is 12.1 Å². The van der Waals surface area contributed by atoms with Gasteiger partial charge in [0.15, 0.2) is 0 Å². The van der Waals surface area contributed by atoms with Crippen LogP contribution in [0.25, 0.3) is 21.6 Å². The van der Waals surface area contributed by atoms with Crippen molar-refractivity contribution in [2.24, 2.45) is 0 Å². The summed E-state index contributed by atoms with van der Waals surface area (Å²) in [7, 11) is -3.01. The molecule has 0 spiro atoms. The summed E-state index contributed by atoms with van der Waals surface area (Å²) in [4.78, 5) is 17.9. The molecular weight excluding hydrogens is 539 g/mol. The van der Waals surface area contributed by atoms with Crippen LogP contribution in [0.5, 0.6) is 5.75 Å². The molecule has 2 N–H and O–H groups in total. The van der Waals surface area contributed by atoms with E-state index in [9.17, 15) is 12.8 Å². The lowest BCUT2D eigenvalue weighted by atomic mass is 10.2. The normalized spacial score (nSPS) is 11.5. The molecule has 5 rings (SSSR count). The lowest BCUT2D eigenvalue weighted by Gasteiger charge is -2.10. The van der Waals surface area contributed by atoms with Gasteiger partial charge in [0.05, 0.1) is 28.9 Å². The number of hydrogen-bond donors (Lipinski definition) is 2. The third-order valence-electron chi connectivity index (χ3n) is 5.68. The number of sulfone groups is 1. The van der Waals surface area contributed by atoms with Gasteiger partial charge in [0, 0.05) is 35.8 Å². The Labute approximate surface area is 229 Å². The molecule has 0 atom stereocenters. The number of benzene rings is 2. The van der Waals surface area contributed by atoms with E-state index >= 15 is 0 Å². The minimum absolute atomic E-state index is 0.0811. The number of ether oxygens (including phenoxy) is 1. The maximum absolute atomic E-state index is 13.1. The van der Waals surface area contributed by atoms with Crippen LogP contribution in [0.2, 0.25) is 0 Å². The van der Waals surface area contributed by atoms with E-state index in [2.05, 4.69) is 30.6 Å². The van der Waals surface area contributed by atoms with E-state index in [1.54, 1.807) is 18.3 Å². The van der Waals surface area contributed by atoms with Crippen molar-refractivity contribution in [3.05, 3.63) is 89.6 Å². The monoisotopic (exact) mass is 564 g/mol. The van der Waals surface area contributed by atoms with Crippen molar-refractivity contribution in [2.75, 3.05) is 23.9 Å². The standard InChI is InChI=1S/C27H25FN6O3S2/c1-39(35,36)11-10-29-13-21-16-38-27(34-21)24-12-23-25(14-30-24)31-17-32-26(23)33-20-6-8-22(9-7-20)37-15-18-2-4-19(28)5-3-18/h2-9,12,14,16-17,29H,10-11,13,15H2,1H3,(H,31,32,33). The van der Waals surface area contributed by atoms with Gasteiger partial charge in [-0.2, -0.15) is 0 Å². The average Bonchev–Trinajstić information content (AvgIpc) is 3.40. The second kappa shape index (κ2) is 11.8. The predicted molar refractivity (Wildman–Crippen MR) is 150 cm³/mol. The van der Waals surface area contributed by atoms with E-state index in [0.29, 0.717) is 42.5 Å². The molecule has 0 radical (unpaired) electrons. The van der Waals surface area contributed by atoms with Crippen LogP contribution in [0.4, 0.5) is 15.9 Å². The molecule has 0 unspecified atom stereocenters. The Kier molecular flexibility index (Phi) is 8.05.